The van der Waals surface area contributed by atoms with Crippen molar-refractivity contribution < 1.29 is 4.39 Å². The van der Waals surface area contributed by atoms with Crippen molar-refractivity contribution in [1.82, 2.24) is 0 Å². The smallest absolute Gasteiger partial charge is 0.127 e. The van der Waals surface area contributed by atoms with Crippen LogP contribution in [-0.2, 0) is 6.42 Å². The van der Waals surface area contributed by atoms with Gasteiger partial charge in [-0.3, -0.25) is 0 Å². The maximum Gasteiger partial charge on any atom is 0.127 e. The van der Waals surface area contributed by atoms with E-state index >= 15 is 0 Å². The highest BCUT2D eigenvalue weighted by molar-refractivity contribution is 7.16. The molecule has 1 atom stereocenters. The quantitative estimate of drug-likeness (QED) is 0.636. The molecule has 0 spiro atoms. The second kappa shape index (κ2) is 5.57. The van der Waals surface area contributed by atoms with Crippen molar-refractivity contribution in [2.24, 2.45) is 0 Å². The lowest BCUT2D eigenvalue weighted by molar-refractivity contribution is 0.608. The first-order valence-electron chi connectivity index (χ1n) is 4.90. The maximum atomic E-state index is 13.6. The molecule has 0 amide bonds. The van der Waals surface area contributed by atoms with Crippen molar-refractivity contribution in [3.8, 4) is 0 Å². The molecule has 0 aliphatic rings. The Kier molecular flexibility index (Phi) is 4.31. The predicted molar refractivity (Wildman–Crippen MR) is 73.0 cm³/mol. The number of hydrogen-bond donors (Lipinski definition) is 0. The number of thiophene rings is 1. The van der Waals surface area contributed by atoms with Crippen molar-refractivity contribution in [2.75, 3.05) is 0 Å². The van der Waals surface area contributed by atoms with Crippen LogP contribution in [0.4, 0.5) is 4.39 Å². The van der Waals surface area contributed by atoms with Crippen molar-refractivity contribution in [3.05, 3.63) is 55.9 Å². The minimum Gasteiger partial charge on any atom is -0.207 e. The van der Waals surface area contributed by atoms with Crippen LogP contribution in [0.25, 0.3) is 0 Å². The van der Waals surface area contributed by atoms with Gasteiger partial charge < -0.3 is 0 Å². The Labute approximate surface area is 118 Å². The van der Waals surface area contributed by atoms with Crippen LogP contribution >= 0.6 is 46.1 Å². The monoisotopic (exact) mass is 308 g/mol. The highest BCUT2D eigenvalue weighted by Gasteiger charge is 2.16. The van der Waals surface area contributed by atoms with Gasteiger partial charge in [-0.05, 0) is 30.7 Å². The van der Waals surface area contributed by atoms with E-state index in [9.17, 15) is 4.39 Å². The summed E-state index contributed by atoms with van der Waals surface area (Å²) in [5.41, 5.74) is 0.443. The van der Waals surface area contributed by atoms with Crippen molar-refractivity contribution >= 4 is 46.1 Å². The molecule has 2 rings (SSSR count). The van der Waals surface area contributed by atoms with Gasteiger partial charge in [0.05, 0.1) is 9.71 Å². The van der Waals surface area contributed by atoms with Gasteiger partial charge in [-0.25, -0.2) is 4.39 Å². The molecular formula is C12H8Cl3FS. The van der Waals surface area contributed by atoms with E-state index in [1.54, 1.807) is 18.2 Å². The Balaban J connectivity index is 2.21. The fourth-order valence-electron chi connectivity index (χ4n) is 1.50. The zero-order valence-corrected chi connectivity index (χ0v) is 11.7. The molecule has 0 saturated carbocycles. The van der Waals surface area contributed by atoms with Gasteiger partial charge in [0.25, 0.3) is 0 Å². The van der Waals surface area contributed by atoms with E-state index in [1.165, 1.54) is 17.4 Å². The number of halogens is 4. The predicted octanol–water partition coefficient (Wildman–Crippen LogP) is 5.72. The Morgan fingerprint density at radius 2 is 1.94 bits per heavy atom. The fourth-order valence-corrected chi connectivity index (χ4v) is 3.14. The summed E-state index contributed by atoms with van der Waals surface area (Å²) in [5.74, 6) is -0.328. The van der Waals surface area contributed by atoms with Crippen LogP contribution in [0.5, 0.6) is 0 Å². The lowest BCUT2D eigenvalue weighted by Gasteiger charge is -2.09. The van der Waals surface area contributed by atoms with Crippen molar-refractivity contribution in [1.29, 1.82) is 0 Å². The maximum absolute atomic E-state index is 13.6. The summed E-state index contributed by atoms with van der Waals surface area (Å²) in [5, 5.41) is 0.0835. The first kappa shape index (κ1) is 13.2. The lowest BCUT2D eigenvalue weighted by atomic mass is 10.1. The Bertz CT molecular complexity index is 504. The summed E-state index contributed by atoms with van der Waals surface area (Å²) in [7, 11) is 0. The minimum atomic E-state index is -0.328. The summed E-state index contributed by atoms with van der Waals surface area (Å²) in [6.45, 7) is 0. The second-order valence-corrected chi connectivity index (χ2v) is 6.19. The Morgan fingerprint density at radius 3 is 2.53 bits per heavy atom. The van der Waals surface area contributed by atoms with Crippen LogP contribution in [-0.4, -0.2) is 0 Å². The molecule has 0 nitrogen and oxygen atoms in total. The zero-order valence-electron chi connectivity index (χ0n) is 8.59. The normalized spacial score (nSPS) is 12.7. The van der Waals surface area contributed by atoms with Crippen LogP contribution in [0.15, 0.2) is 30.3 Å². The lowest BCUT2D eigenvalue weighted by Crippen LogP contribution is -1.97. The highest BCUT2D eigenvalue weighted by atomic mass is 35.5. The molecule has 1 aromatic heterocycles. The number of benzene rings is 1. The summed E-state index contributed by atoms with van der Waals surface area (Å²) in [6.07, 6.45) is 0.351. The van der Waals surface area contributed by atoms with Gasteiger partial charge >= 0.3 is 0 Å². The van der Waals surface area contributed by atoms with E-state index < -0.39 is 0 Å². The van der Waals surface area contributed by atoms with Crippen LogP contribution in [0.2, 0.25) is 9.36 Å². The van der Waals surface area contributed by atoms with Gasteiger partial charge in [-0.15, -0.1) is 22.9 Å². The van der Waals surface area contributed by atoms with Crippen LogP contribution in [0.1, 0.15) is 15.8 Å². The van der Waals surface area contributed by atoms with Crippen LogP contribution in [0, 0.1) is 5.82 Å². The Hall–Kier alpha value is -0.280. The SMILES string of the molecule is Fc1cccc(Cl)c1CC(Cl)c1ccc(Cl)s1. The topological polar surface area (TPSA) is 0 Å². The molecule has 0 radical (unpaired) electrons. The van der Waals surface area contributed by atoms with E-state index in [4.69, 9.17) is 34.8 Å². The van der Waals surface area contributed by atoms with Crippen molar-refractivity contribution in [3.63, 3.8) is 0 Å². The zero-order chi connectivity index (χ0) is 12.4. The molecule has 1 unspecified atom stereocenters. The van der Waals surface area contributed by atoms with E-state index in [1.807, 2.05) is 6.07 Å². The minimum absolute atomic E-state index is 0.318. The number of alkyl halides is 1. The van der Waals surface area contributed by atoms with Crippen LogP contribution < -0.4 is 0 Å². The average molecular weight is 310 g/mol. The third kappa shape index (κ3) is 3.14. The first-order chi connectivity index (χ1) is 8.08. The summed E-state index contributed by atoms with van der Waals surface area (Å²) in [6, 6.07) is 8.24. The third-order valence-corrected chi connectivity index (χ3v) is 4.57. The summed E-state index contributed by atoms with van der Waals surface area (Å²) in [4.78, 5) is 0.913. The van der Waals surface area contributed by atoms with Gasteiger partial charge in [0.15, 0.2) is 0 Å². The van der Waals surface area contributed by atoms with Gasteiger partial charge in [0.1, 0.15) is 5.82 Å². The van der Waals surface area contributed by atoms with Gasteiger partial charge in [0, 0.05) is 15.5 Å². The van der Waals surface area contributed by atoms with E-state index in [-0.39, 0.29) is 11.2 Å². The molecule has 0 N–H and O–H groups in total. The second-order valence-electron chi connectivity index (χ2n) is 3.51. The van der Waals surface area contributed by atoms with Gasteiger partial charge in [0.2, 0.25) is 0 Å². The molecule has 1 heterocycles. The molecule has 0 aliphatic carbocycles. The highest BCUT2D eigenvalue weighted by Crippen LogP contribution is 2.35. The molecule has 1 aromatic carbocycles. The Morgan fingerprint density at radius 1 is 1.18 bits per heavy atom. The third-order valence-electron chi connectivity index (χ3n) is 2.35. The molecule has 5 heteroatoms. The summed E-state index contributed by atoms with van der Waals surface area (Å²) < 4.78 is 14.2. The largest absolute Gasteiger partial charge is 0.207 e. The van der Waals surface area contributed by atoms with Crippen molar-refractivity contribution in [2.45, 2.75) is 11.8 Å². The number of rotatable bonds is 3. The molecule has 0 bridgehead atoms. The van der Waals surface area contributed by atoms with Crippen LogP contribution in [0.3, 0.4) is 0 Å². The first-order valence-corrected chi connectivity index (χ1v) is 6.91. The van der Waals surface area contributed by atoms with Gasteiger partial charge in [-0.2, -0.15) is 0 Å². The fraction of sp³-hybridized carbons (Fsp3) is 0.167. The number of hydrogen-bond acceptors (Lipinski definition) is 1. The van der Waals surface area contributed by atoms with E-state index in [0.717, 1.165) is 4.88 Å². The van der Waals surface area contributed by atoms with Gasteiger partial charge in [-0.1, -0.05) is 29.3 Å². The standard InChI is InChI=1S/C12H8Cl3FS/c13-8-2-1-3-10(16)7(8)6-9(14)11-4-5-12(15)17-11/h1-5,9H,6H2. The molecule has 90 valence electrons. The molecule has 0 fully saturated rings. The average Bonchev–Trinajstić information content (AvgIpc) is 2.70. The summed E-state index contributed by atoms with van der Waals surface area (Å²) >= 11 is 19.4. The molecular weight excluding hydrogens is 302 g/mol. The molecule has 17 heavy (non-hydrogen) atoms. The van der Waals surface area contributed by atoms with E-state index in [0.29, 0.717) is 21.3 Å². The van der Waals surface area contributed by atoms with E-state index in [2.05, 4.69) is 0 Å². The molecule has 2 aromatic rings. The molecule has 0 aliphatic heterocycles. The molecule has 0 saturated heterocycles.